The molecule has 17 heavy (non-hydrogen) atoms. The minimum Gasteiger partial charge on any atom is -0.478 e. The zero-order chi connectivity index (χ0) is 12.4. The molecule has 1 aromatic carbocycles. The number of carboxylic acids is 1. The number of benzene rings is 1. The normalized spacial score (nSPS) is 10.2. The summed E-state index contributed by atoms with van der Waals surface area (Å²) in [6.45, 7) is 1.89. The van der Waals surface area contributed by atoms with Crippen molar-refractivity contribution >= 4 is 23.6 Å². The Bertz CT molecular complexity index is 584. The summed E-state index contributed by atoms with van der Waals surface area (Å²) in [4.78, 5) is 23.6. The summed E-state index contributed by atoms with van der Waals surface area (Å²) in [5, 5.41) is 9.11. The molecule has 0 fully saturated rings. The Balaban J connectivity index is 2.67. The Morgan fingerprint density at radius 1 is 1.29 bits per heavy atom. The lowest BCUT2D eigenvalue weighted by molar-refractivity contribution is 0.0697. The number of rotatable bonds is 3. The number of carbonyl (C=O) groups excluding carboxylic acids is 1. The van der Waals surface area contributed by atoms with Crippen LogP contribution in [-0.4, -0.2) is 17.4 Å². The van der Waals surface area contributed by atoms with Crippen molar-refractivity contribution in [1.29, 1.82) is 0 Å². The van der Waals surface area contributed by atoms with E-state index in [0.717, 1.165) is 11.2 Å². The molecule has 0 aliphatic heterocycles. The average Bonchev–Trinajstić information content (AvgIpc) is 2.70. The van der Waals surface area contributed by atoms with E-state index in [-0.39, 0.29) is 5.56 Å². The molecule has 0 spiro atoms. The molecule has 1 aromatic heterocycles. The number of aryl methyl sites for hydroxylation is 1. The molecule has 4 heteroatoms. The number of thiophene rings is 1. The van der Waals surface area contributed by atoms with Crippen molar-refractivity contribution in [1.82, 2.24) is 0 Å². The molecular formula is C13H10O3S. The van der Waals surface area contributed by atoms with Gasteiger partial charge in [0.2, 0.25) is 0 Å². The van der Waals surface area contributed by atoms with Gasteiger partial charge in [0.05, 0.1) is 10.4 Å². The predicted octanol–water partition coefficient (Wildman–Crippen LogP) is 3.23. The first-order valence-electron chi connectivity index (χ1n) is 5.02. The number of carboxylic acid groups (broad SMARTS) is 1. The van der Waals surface area contributed by atoms with Gasteiger partial charge in [-0.1, -0.05) is 18.2 Å². The van der Waals surface area contributed by atoms with E-state index in [1.807, 2.05) is 13.0 Å². The summed E-state index contributed by atoms with van der Waals surface area (Å²) in [6, 6.07) is 8.55. The third-order valence-electron chi connectivity index (χ3n) is 2.44. The van der Waals surface area contributed by atoms with Gasteiger partial charge in [0.15, 0.2) is 6.29 Å². The molecule has 1 N–H and O–H groups in total. The molecule has 2 rings (SSSR count). The third-order valence-corrected chi connectivity index (χ3v) is 3.41. The van der Waals surface area contributed by atoms with Crippen molar-refractivity contribution in [2.24, 2.45) is 0 Å². The SMILES string of the molecule is Cc1cc(-c2ccccc2C(=O)O)c(C=O)s1. The molecule has 3 nitrogen and oxygen atoms in total. The van der Waals surface area contributed by atoms with E-state index >= 15 is 0 Å². The summed E-state index contributed by atoms with van der Waals surface area (Å²) in [6.07, 6.45) is 0.769. The van der Waals surface area contributed by atoms with Crippen LogP contribution in [0.3, 0.4) is 0 Å². The lowest BCUT2D eigenvalue weighted by atomic mass is 10.0. The van der Waals surface area contributed by atoms with Crippen LogP contribution in [0, 0.1) is 6.92 Å². The zero-order valence-electron chi connectivity index (χ0n) is 9.14. The zero-order valence-corrected chi connectivity index (χ0v) is 9.95. The molecular weight excluding hydrogens is 236 g/mol. The molecule has 0 bridgehead atoms. The molecule has 0 aliphatic carbocycles. The number of carbonyl (C=O) groups is 2. The molecule has 86 valence electrons. The van der Waals surface area contributed by atoms with Crippen molar-refractivity contribution < 1.29 is 14.7 Å². The number of hydrogen-bond donors (Lipinski definition) is 1. The van der Waals surface area contributed by atoms with Crippen molar-refractivity contribution in [2.75, 3.05) is 0 Å². The third kappa shape index (κ3) is 2.12. The smallest absolute Gasteiger partial charge is 0.336 e. The van der Waals surface area contributed by atoms with Crippen LogP contribution in [0.25, 0.3) is 11.1 Å². The highest BCUT2D eigenvalue weighted by Gasteiger charge is 2.15. The Kier molecular flexibility index (Phi) is 3.06. The molecule has 0 radical (unpaired) electrons. The lowest BCUT2D eigenvalue weighted by Gasteiger charge is -2.04. The minimum absolute atomic E-state index is 0.216. The molecule has 0 aliphatic rings. The highest BCUT2D eigenvalue weighted by Crippen LogP contribution is 2.32. The maximum Gasteiger partial charge on any atom is 0.336 e. The van der Waals surface area contributed by atoms with Gasteiger partial charge in [-0.05, 0) is 24.6 Å². The second-order valence-corrected chi connectivity index (χ2v) is 4.89. The van der Waals surface area contributed by atoms with Crippen LogP contribution in [-0.2, 0) is 0 Å². The molecule has 0 unspecified atom stereocenters. The molecule has 0 amide bonds. The summed E-state index contributed by atoms with van der Waals surface area (Å²) in [7, 11) is 0. The first-order chi connectivity index (χ1) is 8.13. The van der Waals surface area contributed by atoms with Crippen LogP contribution in [0.5, 0.6) is 0 Å². The summed E-state index contributed by atoms with van der Waals surface area (Å²) < 4.78 is 0. The van der Waals surface area contributed by atoms with E-state index in [4.69, 9.17) is 5.11 Å². The minimum atomic E-state index is -0.985. The Morgan fingerprint density at radius 3 is 2.65 bits per heavy atom. The summed E-state index contributed by atoms with van der Waals surface area (Å²) >= 11 is 1.37. The van der Waals surface area contributed by atoms with Crippen LogP contribution >= 0.6 is 11.3 Å². The van der Waals surface area contributed by atoms with Crippen molar-refractivity contribution in [3.8, 4) is 11.1 Å². The van der Waals surface area contributed by atoms with Gasteiger partial charge in [0.1, 0.15) is 0 Å². The fourth-order valence-corrected chi connectivity index (χ4v) is 2.59. The van der Waals surface area contributed by atoms with Gasteiger partial charge in [-0.15, -0.1) is 11.3 Å². The Hall–Kier alpha value is -1.94. The Labute approximate surface area is 102 Å². The quantitative estimate of drug-likeness (QED) is 0.846. The predicted molar refractivity (Wildman–Crippen MR) is 66.8 cm³/mol. The molecule has 2 aromatic rings. The Morgan fingerprint density at radius 2 is 2.00 bits per heavy atom. The number of hydrogen-bond acceptors (Lipinski definition) is 3. The van der Waals surface area contributed by atoms with Crippen molar-refractivity contribution in [3.63, 3.8) is 0 Å². The number of aromatic carboxylic acids is 1. The second kappa shape index (κ2) is 4.51. The fraction of sp³-hybridized carbons (Fsp3) is 0.0769. The fourth-order valence-electron chi connectivity index (χ4n) is 1.73. The molecule has 0 atom stereocenters. The van der Waals surface area contributed by atoms with Gasteiger partial charge in [-0.25, -0.2) is 4.79 Å². The highest BCUT2D eigenvalue weighted by molar-refractivity contribution is 7.14. The lowest BCUT2D eigenvalue weighted by Crippen LogP contribution is -1.99. The maximum atomic E-state index is 11.1. The van der Waals surface area contributed by atoms with Gasteiger partial charge in [0, 0.05) is 10.4 Å². The van der Waals surface area contributed by atoms with Crippen LogP contribution < -0.4 is 0 Å². The first-order valence-corrected chi connectivity index (χ1v) is 5.83. The van der Waals surface area contributed by atoms with Crippen LogP contribution in [0.4, 0.5) is 0 Å². The van der Waals surface area contributed by atoms with Crippen molar-refractivity contribution in [3.05, 3.63) is 45.6 Å². The standard InChI is InChI=1S/C13H10O3S/c1-8-6-11(12(7-14)17-8)9-4-2-3-5-10(9)13(15)16/h2-7H,1H3,(H,15,16). The number of aldehydes is 1. The highest BCUT2D eigenvalue weighted by atomic mass is 32.1. The largest absolute Gasteiger partial charge is 0.478 e. The van der Waals surface area contributed by atoms with Gasteiger partial charge in [0.25, 0.3) is 0 Å². The molecule has 0 saturated heterocycles. The maximum absolute atomic E-state index is 11.1. The van der Waals surface area contributed by atoms with Gasteiger partial charge in [-0.3, -0.25) is 4.79 Å². The van der Waals surface area contributed by atoms with E-state index in [2.05, 4.69) is 0 Å². The summed E-state index contributed by atoms with van der Waals surface area (Å²) in [5.74, 6) is -0.985. The van der Waals surface area contributed by atoms with E-state index in [1.54, 1.807) is 24.3 Å². The molecule has 1 heterocycles. The first kappa shape index (κ1) is 11.5. The second-order valence-electron chi connectivity index (χ2n) is 3.60. The van der Waals surface area contributed by atoms with Crippen molar-refractivity contribution in [2.45, 2.75) is 6.92 Å². The molecule has 0 saturated carbocycles. The van der Waals surface area contributed by atoms with Gasteiger partial charge >= 0.3 is 5.97 Å². The van der Waals surface area contributed by atoms with E-state index < -0.39 is 5.97 Å². The van der Waals surface area contributed by atoms with Crippen LogP contribution in [0.1, 0.15) is 24.9 Å². The van der Waals surface area contributed by atoms with E-state index in [1.165, 1.54) is 11.3 Å². The van der Waals surface area contributed by atoms with Crippen LogP contribution in [0.15, 0.2) is 30.3 Å². The van der Waals surface area contributed by atoms with E-state index in [0.29, 0.717) is 16.0 Å². The monoisotopic (exact) mass is 246 g/mol. The summed E-state index contributed by atoms with van der Waals surface area (Å²) in [5.41, 5.74) is 1.50. The van der Waals surface area contributed by atoms with Gasteiger partial charge in [-0.2, -0.15) is 0 Å². The average molecular weight is 246 g/mol. The van der Waals surface area contributed by atoms with E-state index in [9.17, 15) is 9.59 Å². The van der Waals surface area contributed by atoms with Gasteiger partial charge < -0.3 is 5.11 Å². The topological polar surface area (TPSA) is 54.4 Å². The van der Waals surface area contributed by atoms with Crippen LogP contribution in [0.2, 0.25) is 0 Å².